The van der Waals surface area contributed by atoms with E-state index in [4.69, 9.17) is 23.2 Å². The van der Waals surface area contributed by atoms with E-state index in [1.54, 1.807) is 55.5 Å². The van der Waals surface area contributed by atoms with E-state index in [0.717, 1.165) is 10.6 Å². The maximum Gasteiger partial charge on any atom is 0.260 e. The molecule has 0 spiro atoms. The van der Waals surface area contributed by atoms with Crippen molar-refractivity contribution in [2.24, 2.45) is 5.10 Å². The van der Waals surface area contributed by atoms with E-state index in [2.05, 4.69) is 15.8 Å². The van der Waals surface area contributed by atoms with Crippen LogP contribution in [0.1, 0.15) is 22.8 Å². The molecule has 0 saturated carbocycles. The molecule has 0 atom stereocenters. The molecule has 3 aromatic rings. The number of halogens is 2. The number of hydrogen-bond acceptors (Lipinski definition) is 5. The number of nitrogens with zero attached hydrogens (tertiary/aromatic N) is 2. The highest BCUT2D eigenvalue weighted by Gasteiger charge is 2.21. The van der Waals surface area contributed by atoms with Gasteiger partial charge in [0.05, 0.1) is 17.7 Å². The molecule has 8 nitrogen and oxygen atoms in total. The van der Waals surface area contributed by atoms with Crippen LogP contribution in [0.25, 0.3) is 0 Å². The molecule has 0 heterocycles. The number of hydrogen-bond donors (Lipinski definition) is 2. The van der Waals surface area contributed by atoms with Gasteiger partial charge in [0.2, 0.25) is 10.0 Å². The van der Waals surface area contributed by atoms with Gasteiger partial charge in [0.25, 0.3) is 11.8 Å². The zero-order valence-corrected chi connectivity index (χ0v) is 21.2. The van der Waals surface area contributed by atoms with Gasteiger partial charge in [-0.05, 0) is 55.0 Å². The lowest BCUT2D eigenvalue weighted by Crippen LogP contribution is -2.39. The van der Waals surface area contributed by atoms with Gasteiger partial charge in [-0.25, -0.2) is 13.8 Å². The molecule has 35 heavy (non-hydrogen) atoms. The fourth-order valence-corrected chi connectivity index (χ4v) is 4.40. The fourth-order valence-electron chi connectivity index (χ4n) is 3.05. The van der Waals surface area contributed by atoms with Crippen LogP contribution >= 0.6 is 23.2 Å². The normalized spacial score (nSPS) is 11.6. The lowest BCUT2D eigenvalue weighted by Gasteiger charge is -2.21. The molecule has 11 heteroatoms. The molecule has 2 N–H and O–H groups in total. The summed E-state index contributed by atoms with van der Waals surface area (Å²) in [5.74, 6) is -0.884. The van der Waals surface area contributed by atoms with Crippen molar-refractivity contribution in [3.8, 4) is 0 Å². The minimum absolute atomic E-state index is 0.161. The summed E-state index contributed by atoms with van der Waals surface area (Å²) in [7, 11) is -3.80. The van der Waals surface area contributed by atoms with Crippen molar-refractivity contribution in [3.63, 3.8) is 0 Å². The summed E-state index contributed by atoms with van der Waals surface area (Å²) in [6.45, 7) is 1.17. The van der Waals surface area contributed by atoms with Crippen LogP contribution in [-0.4, -0.2) is 38.7 Å². The summed E-state index contributed by atoms with van der Waals surface area (Å²) >= 11 is 11.9. The minimum Gasteiger partial charge on any atom is -0.322 e. The molecule has 3 rings (SSSR count). The molecule has 0 aliphatic heterocycles. The average molecular weight is 533 g/mol. The van der Waals surface area contributed by atoms with Gasteiger partial charge < -0.3 is 5.32 Å². The Bertz CT molecular complexity index is 1340. The molecule has 0 aliphatic carbocycles. The molecule has 0 aliphatic rings. The number of nitrogens with one attached hydrogen (secondary N) is 2. The third-order valence-corrected chi connectivity index (χ3v) is 6.34. The van der Waals surface area contributed by atoms with E-state index >= 15 is 0 Å². The number of sulfonamides is 1. The molecule has 2 amide bonds. The van der Waals surface area contributed by atoms with Crippen molar-refractivity contribution in [1.29, 1.82) is 0 Å². The second kappa shape index (κ2) is 11.4. The predicted molar refractivity (Wildman–Crippen MR) is 140 cm³/mol. The van der Waals surface area contributed by atoms with Crippen LogP contribution < -0.4 is 15.0 Å². The second-order valence-corrected chi connectivity index (χ2v) is 10.3. The summed E-state index contributed by atoms with van der Waals surface area (Å²) in [6.07, 6.45) is 0.974. The quantitative estimate of drug-likeness (QED) is 0.327. The Morgan fingerprint density at radius 1 is 0.914 bits per heavy atom. The number of carbonyl (C=O) groups excluding carboxylic acids is 2. The van der Waals surface area contributed by atoms with Gasteiger partial charge in [0.1, 0.15) is 6.54 Å². The first kappa shape index (κ1) is 26.2. The van der Waals surface area contributed by atoms with Gasteiger partial charge in [0.15, 0.2) is 0 Å². The second-order valence-electron chi connectivity index (χ2n) is 7.53. The van der Waals surface area contributed by atoms with Crippen molar-refractivity contribution in [3.05, 3.63) is 94.0 Å². The Balaban J connectivity index is 1.65. The van der Waals surface area contributed by atoms with Crippen LogP contribution in [0, 0.1) is 0 Å². The molecule has 0 fully saturated rings. The standard InChI is InChI=1S/C24H22Cl2N4O4S/c1-16(17-8-10-21(11-9-17)27-24(32)18-6-4-3-5-7-18)28-29-23(31)15-30(35(2,33)34)22-13-19(25)12-20(26)14-22/h3-14H,15H2,1-2H3,(H,27,32)(H,29,31)/b28-16-. The molecular weight excluding hydrogens is 511 g/mol. The number of rotatable bonds is 8. The average Bonchev–Trinajstić information content (AvgIpc) is 2.80. The summed E-state index contributed by atoms with van der Waals surface area (Å²) < 4.78 is 25.4. The van der Waals surface area contributed by atoms with Gasteiger partial charge in [-0.15, -0.1) is 0 Å². The summed E-state index contributed by atoms with van der Waals surface area (Å²) in [5, 5.41) is 7.33. The SMILES string of the molecule is C/C(=N/NC(=O)CN(c1cc(Cl)cc(Cl)c1)S(C)(=O)=O)c1ccc(NC(=O)c2ccccc2)cc1. The lowest BCUT2D eigenvalue weighted by molar-refractivity contribution is -0.119. The summed E-state index contributed by atoms with van der Waals surface area (Å²) in [4.78, 5) is 24.7. The Morgan fingerprint density at radius 2 is 1.51 bits per heavy atom. The minimum atomic E-state index is -3.80. The molecule has 182 valence electrons. The van der Waals surface area contributed by atoms with Crippen LogP contribution in [-0.2, 0) is 14.8 Å². The Kier molecular flexibility index (Phi) is 8.50. The van der Waals surface area contributed by atoms with Gasteiger partial charge in [0, 0.05) is 21.3 Å². The van der Waals surface area contributed by atoms with Gasteiger partial charge >= 0.3 is 0 Å². The molecule has 0 unspecified atom stereocenters. The first-order valence-electron chi connectivity index (χ1n) is 10.3. The van der Waals surface area contributed by atoms with Crippen LogP contribution in [0.5, 0.6) is 0 Å². The van der Waals surface area contributed by atoms with E-state index in [-0.39, 0.29) is 21.6 Å². The fraction of sp³-hybridized carbons (Fsp3) is 0.125. The zero-order chi connectivity index (χ0) is 25.6. The zero-order valence-electron chi connectivity index (χ0n) is 18.8. The third kappa shape index (κ3) is 7.54. The third-order valence-electron chi connectivity index (χ3n) is 4.77. The van der Waals surface area contributed by atoms with Gasteiger partial charge in [-0.2, -0.15) is 5.10 Å². The van der Waals surface area contributed by atoms with E-state index in [9.17, 15) is 18.0 Å². The highest BCUT2D eigenvalue weighted by atomic mass is 35.5. The summed E-state index contributed by atoms with van der Waals surface area (Å²) in [6, 6.07) is 20.0. The highest BCUT2D eigenvalue weighted by Crippen LogP contribution is 2.26. The van der Waals surface area contributed by atoms with Crippen LogP contribution in [0.3, 0.4) is 0 Å². The Labute approximate surface area is 213 Å². The van der Waals surface area contributed by atoms with Crippen LogP contribution in [0.4, 0.5) is 11.4 Å². The predicted octanol–water partition coefficient (Wildman–Crippen LogP) is 4.55. The van der Waals surface area contributed by atoms with E-state index in [1.807, 2.05) is 6.07 Å². The van der Waals surface area contributed by atoms with E-state index in [0.29, 0.717) is 22.5 Å². The van der Waals surface area contributed by atoms with Gasteiger partial charge in [-0.3, -0.25) is 13.9 Å². The number of anilines is 2. The molecule has 0 radical (unpaired) electrons. The molecule has 3 aromatic carbocycles. The van der Waals surface area contributed by atoms with Crippen molar-refractivity contribution >= 4 is 62.1 Å². The maximum atomic E-state index is 12.5. The smallest absolute Gasteiger partial charge is 0.260 e. The monoisotopic (exact) mass is 532 g/mol. The van der Waals surface area contributed by atoms with Crippen molar-refractivity contribution in [2.75, 3.05) is 22.4 Å². The lowest BCUT2D eigenvalue weighted by atomic mass is 10.1. The van der Waals surface area contributed by atoms with Crippen molar-refractivity contribution in [2.45, 2.75) is 6.92 Å². The van der Waals surface area contributed by atoms with E-state index in [1.165, 1.54) is 18.2 Å². The topological polar surface area (TPSA) is 108 Å². The number of benzene rings is 3. The Hall–Kier alpha value is -3.40. The van der Waals surface area contributed by atoms with Gasteiger partial charge in [-0.1, -0.05) is 53.5 Å². The number of amides is 2. The first-order valence-corrected chi connectivity index (χ1v) is 12.9. The maximum absolute atomic E-state index is 12.5. The largest absolute Gasteiger partial charge is 0.322 e. The first-order chi connectivity index (χ1) is 16.5. The molecule has 0 saturated heterocycles. The van der Waals surface area contributed by atoms with Crippen molar-refractivity contribution in [1.82, 2.24) is 5.43 Å². The van der Waals surface area contributed by atoms with Crippen LogP contribution in [0.2, 0.25) is 10.0 Å². The molecule has 0 aromatic heterocycles. The van der Waals surface area contributed by atoms with Crippen LogP contribution in [0.15, 0.2) is 77.9 Å². The van der Waals surface area contributed by atoms with E-state index < -0.39 is 22.5 Å². The number of carbonyl (C=O) groups is 2. The Morgan fingerprint density at radius 3 is 2.09 bits per heavy atom. The van der Waals surface area contributed by atoms with Crippen molar-refractivity contribution < 1.29 is 18.0 Å². The highest BCUT2D eigenvalue weighted by molar-refractivity contribution is 7.92. The summed E-state index contributed by atoms with van der Waals surface area (Å²) in [5.41, 5.74) is 4.84. The number of hydrazone groups is 1. The molecular formula is C24H22Cl2N4O4S. The molecule has 0 bridgehead atoms.